The Labute approximate surface area is 334 Å². The first-order chi connectivity index (χ1) is 27.9. The van der Waals surface area contributed by atoms with Crippen LogP contribution in [0.4, 0.5) is 11.6 Å². The van der Waals surface area contributed by atoms with Gasteiger partial charge in [-0.05, 0) is 68.5 Å². The van der Waals surface area contributed by atoms with Crippen LogP contribution in [-0.2, 0) is 26.7 Å². The molecule has 5 aliphatic rings. The van der Waals surface area contributed by atoms with Gasteiger partial charge in [0.15, 0.2) is 0 Å². The summed E-state index contributed by atoms with van der Waals surface area (Å²) in [4.78, 5) is 77.2. The number of anilines is 2. The number of ether oxygens (including phenoxy) is 1. The van der Waals surface area contributed by atoms with Crippen molar-refractivity contribution in [2.24, 2.45) is 7.05 Å². The van der Waals surface area contributed by atoms with E-state index in [9.17, 15) is 32.4 Å². The number of likely N-dealkylation sites (tertiary alicyclic amines) is 1. The summed E-state index contributed by atoms with van der Waals surface area (Å²) in [6.07, 6.45) is 4.73. The molecule has 4 saturated heterocycles. The largest absolute Gasteiger partial charge is 0.488 e. The van der Waals surface area contributed by atoms with Crippen molar-refractivity contribution < 1.29 is 32.3 Å². The van der Waals surface area contributed by atoms with Crippen LogP contribution in [0.2, 0.25) is 0 Å². The normalized spacial score (nSPS) is 21.6. The maximum atomic E-state index is 13.7. The number of fused-ring (bicyclic) bond motifs is 2. The number of aromatic nitrogens is 3. The molecule has 18 heteroatoms. The molecule has 0 aliphatic carbocycles. The number of hydrogen-bond donors (Lipinski definition) is 2. The molecule has 4 fully saturated rings. The highest BCUT2D eigenvalue weighted by molar-refractivity contribution is 7.89. The number of sulfonamides is 1. The Hall–Kier alpha value is -5.72. The molecule has 0 radical (unpaired) electrons. The Morgan fingerprint density at radius 3 is 2.36 bits per heavy atom. The highest BCUT2D eigenvalue weighted by Gasteiger charge is 2.45. The maximum Gasteiger partial charge on any atom is 0.262 e. The number of carbonyl (C=O) groups excluding carboxylic acids is 4. The van der Waals surface area contributed by atoms with Crippen LogP contribution in [0.5, 0.6) is 5.75 Å². The summed E-state index contributed by atoms with van der Waals surface area (Å²) in [6, 6.07) is 14.4. The lowest BCUT2D eigenvalue weighted by Crippen LogP contribution is -2.59. The van der Waals surface area contributed by atoms with Gasteiger partial charge in [0, 0.05) is 94.2 Å². The van der Waals surface area contributed by atoms with Crippen molar-refractivity contribution in [2.75, 3.05) is 49.5 Å². The molecule has 5 aliphatic heterocycles. The van der Waals surface area contributed by atoms with Gasteiger partial charge in [-0.3, -0.25) is 43.7 Å². The van der Waals surface area contributed by atoms with E-state index in [1.54, 1.807) is 55.7 Å². The van der Waals surface area contributed by atoms with Gasteiger partial charge >= 0.3 is 0 Å². The Morgan fingerprint density at radius 2 is 1.60 bits per heavy atom. The van der Waals surface area contributed by atoms with Gasteiger partial charge in [-0.2, -0.15) is 9.29 Å². The molecule has 17 nitrogen and oxygen atoms in total. The van der Waals surface area contributed by atoms with Crippen LogP contribution in [0.25, 0.3) is 11.0 Å². The molecule has 2 N–H and O–H groups in total. The zero-order chi connectivity index (χ0) is 40.3. The van der Waals surface area contributed by atoms with Crippen LogP contribution in [0, 0.1) is 0 Å². The number of hydrogen-bond acceptors (Lipinski definition) is 13. The summed E-state index contributed by atoms with van der Waals surface area (Å²) in [5.74, 6) is -1.15. The average molecular weight is 810 g/mol. The van der Waals surface area contributed by atoms with Crippen molar-refractivity contribution in [3.05, 3.63) is 82.3 Å². The van der Waals surface area contributed by atoms with Gasteiger partial charge in [0.25, 0.3) is 17.4 Å². The highest BCUT2D eigenvalue weighted by atomic mass is 32.2. The van der Waals surface area contributed by atoms with Gasteiger partial charge in [-0.1, -0.05) is 6.07 Å². The summed E-state index contributed by atoms with van der Waals surface area (Å²) in [5.41, 5.74) is 1.75. The fourth-order valence-corrected chi connectivity index (χ4v) is 10.2. The molecule has 2 aromatic carbocycles. The van der Waals surface area contributed by atoms with E-state index in [0.717, 1.165) is 55.0 Å². The van der Waals surface area contributed by atoms with Gasteiger partial charge in [-0.15, -0.1) is 0 Å². The second kappa shape index (κ2) is 14.9. The Bertz CT molecular complexity index is 2510. The molecule has 0 spiro atoms. The van der Waals surface area contributed by atoms with E-state index in [0.29, 0.717) is 49.3 Å². The van der Waals surface area contributed by atoms with Crippen molar-refractivity contribution in [3.8, 4) is 5.75 Å². The van der Waals surface area contributed by atoms with Crippen LogP contribution in [0.15, 0.2) is 70.5 Å². The summed E-state index contributed by atoms with van der Waals surface area (Å²) >= 11 is 0. The number of nitrogens with zero attached hydrogens (tertiary/aromatic N) is 7. The van der Waals surface area contributed by atoms with Gasteiger partial charge in [0.1, 0.15) is 23.5 Å². The predicted molar refractivity (Wildman–Crippen MR) is 211 cm³/mol. The molecule has 0 bridgehead atoms. The van der Waals surface area contributed by atoms with Crippen molar-refractivity contribution >= 4 is 56.3 Å². The van der Waals surface area contributed by atoms with Gasteiger partial charge in [0.05, 0.1) is 16.0 Å². The first kappa shape index (κ1) is 37.8. The van der Waals surface area contributed by atoms with Crippen molar-refractivity contribution in [1.29, 1.82) is 0 Å². The SMILES string of the molecule is Cn1c(=O)ccc2cnc(NC3CCN(S(=O)(=O)c4cccc(OC5CN(C6CCN(c7ccc8c(c7)C(=O)N(C7CCC(=O)NC7=O)C8=O)CC6)C5)c4)CC3)nc21. The van der Waals surface area contributed by atoms with Crippen LogP contribution in [0.3, 0.4) is 0 Å². The minimum atomic E-state index is -3.75. The average Bonchev–Trinajstić information content (AvgIpc) is 3.46. The quantitative estimate of drug-likeness (QED) is 0.232. The van der Waals surface area contributed by atoms with E-state index in [1.165, 1.54) is 14.9 Å². The lowest BCUT2D eigenvalue weighted by Gasteiger charge is -2.47. The summed E-state index contributed by atoms with van der Waals surface area (Å²) < 4.78 is 36.6. The van der Waals surface area contributed by atoms with E-state index in [4.69, 9.17) is 4.74 Å². The standard InChI is InChI=1S/C40H43N9O8S/c1-45-35(51)10-5-24-21-41-40(44-36(24)45)42-25-11-17-48(18-12-25)58(55,56)30-4-2-3-28(20-30)57-29-22-47(23-29)26-13-15-46(16-14-26)27-6-7-31-32(19-27)39(54)49(38(31)53)33-8-9-34(50)43-37(33)52/h2-7,10,19-21,25-26,29,33H,8-9,11-18,22-23H2,1H3,(H,41,42,44)(H,43,50,52). The zero-order valence-electron chi connectivity index (χ0n) is 31.9. The number of nitrogens with one attached hydrogen (secondary N) is 2. The molecule has 7 heterocycles. The third-order valence-electron chi connectivity index (χ3n) is 12.0. The third-order valence-corrected chi connectivity index (χ3v) is 13.9. The van der Waals surface area contributed by atoms with E-state index < -0.39 is 39.7 Å². The van der Waals surface area contributed by atoms with Crippen molar-refractivity contribution in [3.63, 3.8) is 0 Å². The summed E-state index contributed by atoms with van der Waals surface area (Å²) in [5, 5.41) is 6.29. The molecular weight excluding hydrogens is 767 g/mol. The summed E-state index contributed by atoms with van der Waals surface area (Å²) in [7, 11) is -2.08. The second-order valence-corrected chi connectivity index (χ2v) is 17.5. The maximum absolute atomic E-state index is 13.7. The molecular formula is C40H43N9O8S. The molecule has 1 atom stereocenters. The van der Waals surface area contributed by atoms with E-state index in [-0.39, 0.29) is 46.6 Å². The van der Waals surface area contributed by atoms with Gasteiger partial charge < -0.3 is 15.0 Å². The van der Waals surface area contributed by atoms with Crippen molar-refractivity contribution in [1.82, 2.24) is 34.0 Å². The number of imide groups is 2. The fourth-order valence-electron chi connectivity index (χ4n) is 8.67. The molecule has 2 aromatic heterocycles. The smallest absolute Gasteiger partial charge is 0.262 e. The van der Waals surface area contributed by atoms with Crippen molar-refractivity contribution in [2.45, 2.75) is 67.6 Å². The number of benzene rings is 2. The summed E-state index contributed by atoms with van der Waals surface area (Å²) in [6.45, 7) is 3.64. The van der Waals surface area contributed by atoms with Crippen LogP contribution < -0.4 is 25.8 Å². The topological polar surface area (TPSA) is 196 Å². The predicted octanol–water partition coefficient (Wildman–Crippen LogP) is 1.73. The number of amides is 4. The number of piperidine rings is 3. The molecule has 0 saturated carbocycles. The fraction of sp³-hybridized carbons (Fsp3) is 0.425. The molecule has 4 aromatic rings. The Balaban J connectivity index is 0.746. The number of carbonyl (C=O) groups is 4. The van der Waals surface area contributed by atoms with E-state index in [2.05, 4.69) is 30.4 Å². The zero-order valence-corrected chi connectivity index (χ0v) is 32.7. The van der Waals surface area contributed by atoms with Gasteiger partial charge in [0.2, 0.25) is 27.8 Å². The number of aryl methyl sites for hydroxylation is 1. The number of rotatable bonds is 9. The van der Waals surface area contributed by atoms with Crippen LogP contribution in [-0.4, -0.2) is 124 Å². The minimum absolute atomic E-state index is 0.0234. The molecule has 4 amide bonds. The lowest BCUT2D eigenvalue weighted by molar-refractivity contribution is -0.136. The van der Waals surface area contributed by atoms with E-state index >= 15 is 0 Å². The molecule has 9 rings (SSSR count). The van der Waals surface area contributed by atoms with E-state index in [1.807, 2.05) is 6.07 Å². The monoisotopic (exact) mass is 809 g/mol. The van der Waals surface area contributed by atoms with Crippen LogP contribution >= 0.6 is 0 Å². The third kappa shape index (κ3) is 6.98. The number of pyridine rings is 1. The molecule has 1 unspecified atom stereocenters. The Morgan fingerprint density at radius 1 is 0.845 bits per heavy atom. The molecule has 58 heavy (non-hydrogen) atoms. The van der Waals surface area contributed by atoms with Gasteiger partial charge in [-0.25, -0.2) is 13.4 Å². The first-order valence-corrected chi connectivity index (χ1v) is 21.1. The minimum Gasteiger partial charge on any atom is -0.488 e. The van der Waals surface area contributed by atoms with Crippen LogP contribution in [0.1, 0.15) is 59.2 Å². The Kier molecular flexibility index (Phi) is 9.72. The highest BCUT2D eigenvalue weighted by Crippen LogP contribution is 2.33. The second-order valence-electron chi connectivity index (χ2n) is 15.6. The lowest BCUT2D eigenvalue weighted by atomic mass is 9.97. The molecule has 302 valence electrons. The first-order valence-electron chi connectivity index (χ1n) is 19.6.